The number of nitrogens with two attached hydrogens (primary N) is 1. The van der Waals surface area contributed by atoms with Crippen molar-refractivity contribution >= 4 is 23.5 Å². The number of aromatic nitrogens is 3. The number of hydrogen-bond donors (Lipinski definition) is 2. The molecule has 6 nitrogen and oxygen atoms in total. The van der Waals surface area contributed by atoms with Gasteiger partial charge >= 0.3 is 0 Å². The summed E-state index contributed by atoms with van der Waals surface area (Å²) >= 11 is 5.86. The summed E-state index contributed by atoms with van der Waals surface area (Å²) in [4.78, 5) is 14.4. The highest BCUT2D eigenvalue weighted by atomic mass is 35.5. The Morgan fingerprint density at radius 2 is 1.72 bits per heavy atom. The van der Waals surface area contributed by atoms with Gasteiger partial charge in [0.2, 0.25) is 17.2 Å². The highest BCUT2D eigenvalue weighted by Crippen LogP contribution is 2.14. The largest absolute Gasteiger partial charge is 0.341 e. The predicted octanol–water partition coefficient (Wildman–Crippen LogP) is 2.22. The van der Waals surface area contributed by atoms with E-state index in [0.29, 0.717) is 11.9 Å². The second kappa shape index (κ2) is 8.05. The number of nitrogen functional groups attached to an aromatic ring is 1. The maximum atomic E-state index is 5.86. The molecule has 0 aliphatic rings. The summed E-state index contributed by atoms with van der Waals surface area (Å²) in [6.45, 7) is 6.15. The number of nitrogens with zero attached hydrogens (tertiary/aromatic N) is 4. The molecule has 0 saturated carbocycles. The molecule has 0 spiro atoms. The smallest absolute Gasteiger partial charge is 0.243 e. The van der Waals surface area contributed by atoms with Crippen molar-refractivity contribution in [3.8, 4) is 0 Å². The summed E-state index contributed by atoms with van der Waals surface area (Å²) in [5.74, 6) is 6.19. The van der Waals surface area contributed by atoms with Crippen LogP contribution >= 0.6 is 11.6 Å². The molecule has 1 rings (SSSR count). The fourth-order valence-corrected chi connectivity index (χ4v) is 1.71. The maximum absolute atomic E-state index is 5.86. The number of hydrogen-bond acceptors (Lipinski definition) is 6. The Bertz CT molecular complexity index is 351. The first-order valence-electron chi connectivity index (χ1n) is 6.34. The van der Waals surface area contributed by atoms with Crippen molar-refractivity contribution < 1.29 is 0 Å². The maximum Gasteiger partial charge on any atom is 0.243 e. The van der Waals surface area contributed by atoms with Gasteiger partial charge in [0.15, 0.2) is 0 Å². The Hall–Kier alpha value is -1.14. The Morgan fingerprint density at radius 1 is 1.11 bits per heavy atom. The van der Waals surface area contributed by atoms with Crippen molar-refractivity contribution in [3.05, 3.63) is 5.28 Å². The minimum Gasteiger partial charge on any atom is -0.341 e. The van der Waals surface area contributed by atoms with Crippen molar-refractivity contribution in [1.29, 1.82) is 0 Å². The van der Waals surface area contributed by atoms with Gasteiger partial charge in [0.1, 0.15) is 0 Å². The fraction of sp³-hybridized carbons (Fsp3) is 0.727. The third kappa shape index (κ3) is 4.62. The van der Waals surface area contributed by atoms with Crippen molar-refractivity contribution in [2.75, 3.05) is 23.4 Å². The highest BCUT2D eigenvalue weighted by molar-refractivity contribution is 6.28. The van der Waals surface area contributed by atoms with Crippen LogP contribution in [-0.2, 0) is 0 Å². The molecule has 0 fully saturated rings. The Balaban J connectivity index is 2.84. The lowest BCUT2D eigenvalue weighted by atomic mass is 10.3. The third-order valence-electron chi connectivity index (χ3n) is 2.57. The third-order valence-corrected chi connectivity index (χ3v) is 2.74. The van der Waals surface area contributed by atoms with Gasteiger partial charge in [-0.15, -0.1) is 0 Å². The van der Waals surface area contributed by atoms with E-state index in [2.05, 4.69) is 39.1 Å². The topological polar surface area (TPSA) is 80.0 Å². The van der Waals surface area contributed by atoms with Crippen LogP contribution < -0.4 is 16.2 Å². The molecule has 1 aromatic heterocycles. The number of halogens is 1. The monoisotopic (exact) mass is 272 g/mol. The number of unbranched alkanes of at least 4 members (excludes halogenated alkanes) is 2. The van der Waals surface area contributed by atoms with Gasteiger partial charge in [0, 0.05) is 13.1 Å². The van der Waals surface area contributed by atoms with Gasteiger partial charge in [-0.3, -0.25) is 5.43 Å². The molecule has 0 aromatic carbocycles. The van der Waals surface area contributed by atoms with E-state index < -0.39 is 0 Å². The second-order valence-corrected chi connectivity index (χ2v) is 4.40. The Kier molecular flexibility index (Phi) is 6.67. The molecule has 0 radical (unpaired) electrons. The van der Waals surface area contributed by atoms with Gasteiger partial charge in [-0.05, 0) is 24.4 Å². The summed E-state index contributed by atoms with van der Waals surface area (Å²) in [6, 6.07) is 0. The minimum atomic E-state index is 0.158. The van der Waals surface area contributed by atoms with E-state index in [1.165, 1.54) is 0 Å². The van der Waals surface area contributed by atoms with E-state index in [4.69, 9.17) is 17.4 Å². The number of rotatable bonds is 8. The van der Waals surface area contributed by atoms with Crippen molar-refractivity contribution in [1.82, 2.24) is 15.0 Å². The Morgan fingerprint density at radius 3 is 2.22 bits per heavy atom. The van der Waals surface area contributed by atoms with Crippen LogP contribution in [0.15, 0.2) is 0 Å². The molecule has 0 saturated heterocycles. The average Bonchev–Trinajstić information content (AvgIpc) is 2.38. The number of anilines is 2. The van der Waals surface area contributed by atoms with E-state index in [0.717, 1.165) is 38.8 Å². The molecule has 0 unspecified atom stereocenters. The van der Waals surface area contributed by atoms with E-state index >= 15 is 0 Å². The normalized spacial score (nSPS) is 10.4. The molecular formula is C11H21ClN6. The first-order valence-corrected chi connectivity index (χ1v) is 6.72. The SMILES string of the molecule is CCCCN(CCCC)c1nc(Cl)nc(NN)n1. The van der Waals surface area contributed by atoms with Crippen molar-refractivity contribution in [3.63, 3.8) is 0 Å². The van der Waals surface area contributed by atoms with E-state index in [1.54, 1.807) is 0 Å². The van der Waals surface area contributed by atoms with Gasteiger partial charge < -0.3 is 4.90 Å². The highest BCUT2D eigenvalue weighted by Gasteiger charge is 2.11. The predicted molar refractivity (Wildman–Crippen MR) is 74.7 cm³/mol. The molecule has 0 bridgehead atoms. The zero-order valence-electron chi connectivity index (χ0n) is 11.0. The van der Waals surface area contributed by atoms with E-state index in [1.807, 2.05) is 0 Å². The van der Waals surface area contributed by atoms with Gasteiger partial charge in [0.05, 0.1) is 0 Å². The molecule has 0 aliphatic heterocycles. The molecule has 18 heavy (non-hydrogen) atoms. The number of nitrogens with one attached hydrogen (secondary N) is 1. The van der Waals surface area contributed by atoms with E-state index in [9.17, 15) is 0 Å². The molecule has 102 valence electrons. The van der Waals surface area contributed by atoms with Crippen molar-refractivity contribution in [2.24, 2.45) is 5.84 Å². The standard InChI is InChI=1S/C11H21ClN6/c1-3-5-7-18(8-6-4-2)11-15-9(12)14-10(16-11)17-13/h3-8,13H2,1-2H3,(H,14,15,16,17). The average molecular weight is 273 g/mol. The lowest BCUT2D eigenvalue weighted by Crippen LogP contribution is -2.28. The fourth-order valence-electron chi connectivity index (χ4n) is 1.56. The first kappa shape index (κ1) is 14.9. The molecule has 1 heterocycles. The molecule has 0 aliphatic carbocycles. The van der Waals surface area contributed by atoms with Crippen LogP contribution in [0.2, 0.25) is 5.28 Å². The van der Waals surface area contributed by atoms with Crippen LogP contribution in [0.4, 0.5) is 11.9 Å². The lowest BCUT2D eigenvalue weighted by molar-refractivity contribution is 0.661. The molecular weight excluding hydrogens is 252 g/mol. The summed E-state index contributed by atoms with van der Waals surface area (Å²) in [5, 5.41) is 0.158. The van der Waals surface area contributed by atoms with Crippen LogP contribution in [0.25, 0.3) is 0 Å². The number of hydrazine groups is 1. The van der Waals surface area contributed by atoms with Gasteiger partial charge in [0.25, 0.3) is 0 Å². The summed E-state index contributed by atoms with van der Waals surface area (Å²) in [7, 11) is 0. The van der Waals surface area contributed by atoms with Crippen LogP contribution in [-0.4, -0.2) is 28.0 Å². The minimum absolute atomic E-state index is 0.158. The molecule has 0 atom stereocenters. The van der Waals surface area contributed by atoms with E-state index in [-0.39, 0.29) is 5.28 Å². The zero-order valence-corrected chi connectivity index (χ0v) is 11.7. The van der Waals surface area contributed by atoms with Crippen LogP contribution in [0.1, 0.15) is 39.5 Å². The van der Waals surface area contributed by atoms with Gasteiger partial charge in [-0.2, -0.15) is 15.0 Å². The summed E-state index contributed by atoms with van der Waals surface area (Å²) in [6.07, 6.45) is 4.45. The molecule has 0 amide bonds. The van der Waals surface area contributed by atoms with Gasteiger partial charge in [-0.25, -0.2) is 5.84 Å². The zero-order chi connectivity index (χ0) is 13.4. The van der Waals surface area contributed by atoms with Crippen LogP contribution in [0.5, 0.6) is 0 Å². The summed E-state index contributed by atoms with van der Waals surface area (Å²) in [5.41, 5.74) is 2.40. The molecule has 1 aromatic rings. The van der Waals surface area contributed by atoms with Crippen LogP contribution in [0, 0.1) is 0 Å². The quantitative estimate of drug-likeness (QED) is 0.558. The second-order valence-electron chi connectivity index (χ2n) is 4.07. The van der Waals surface area contributed by atoms with Crippen molar-refractivity contribution in [2.45, 2.75) is 39.5 Å². The summed E-state index contributed by atoms with van der Waals surface area (Å²) < 4.78 is 0. The molecule has 3 N–H and O–H groups in total. The Labute approximate surface area is 113 Å². The first-order chi connectivity index (χ1) is 8.71. The molecule has 7 heteroatoms. The lowest BCUT2D eigenvalue weighted by Gasteiger charge is -2.22. The van der Waals surface area contributed by atoms with Gasteiger partial charge in [-0.1, -0.05) is 26.7 Å². The van der Waals surface area contributed by atoms with Crippen LogP contribution in [0.3, 0.4) is 0 Å².